The third kappa shape index (κ3) is 19.7. The molecule has 0 aliphatic carbocycles. The molecule has 272 valence electrons. The molecule has 0 rings (SSSR count). The quantitative estimate of drug-likeness (QED) is 0.0269. The van der Waals surface area contributed by atoms with E-state index in [4.69, 9.17) is 19.7 Å². The van der Waals surface area contributed by atoms with Gasteiger partial charge in [-0.05, 0) is 64.7 Å². The topological polar surface area (TPSA) is 296 Å². The van der Waals surface area contributed by atoms with E-state index in [0.29, 0.717) is 51.5 Å². The van der Waals surface area contributed by atoms with Gasteiger partial charge in [0, 0.05) is 45.8 Å². The Bertz CT molecular complexity index is 824. The molecular weight excluding hydrogens is 616 g/mol. The summed E-state index contributed by atoms with van der Waals surface area (Å²) in [5.41, 5.74) is 0. The number of rotatable bonds is 29. The molecule has 0 aliphatic rings. The van der Waals surface area contributed by atoms with E-state index < -0.39 is 68.5 Å². The van der Waals surface area contributed by atoms with Crippen LogP contribution in [0.5, 0.6) is 0 Å². The lowest BCUT2D eigenvalue weighted by Gasteiger charge is -2.26. The molecule has 0 heterocycles. The van der Waals surface area contributed by atoms with E-state index in [9.17, 15) is 55.2 Å². The molecule has 0 bridgehead atoms. The number of aliphatic hydroxyl groups excluding tert-OH is 10. The molecule has 46 heavy (non-hydrogen) atoms. The van der Waals surface area contributed by atoms with Gasteiger partial charge in [-0.15, -0.1) is 0 Å². The molecule has 8 unspecified atom stereocenters. The number of carbonyl (C=O) groups excluding carboxylic acids is 3. The Balaban J connectivity index is 4.07. The maximum absolute atomic E-state index is 12.3. The molecule has 0 aliphatic heterocycles. The van der Waals surface area contributed by atoms with E-state index in [1.807, 2.05) is 0 Å². The van der Waals surface area contributed by atoms with Crippen LogP contribution < -0.4 is 10.6 Å². The first-order chi connectivity index (χ1) is 21.8. The molecule has 17 nitrogen and oxygen atoms in total. The third-order valence-corrected chi connectivity index (χ3v) is 7.16. The van der Waals surface area contributed by atoms with Gasteiger partial charge in [0.2, 0.25) is 11.8 Å². The lowest BCUT2D eigenvalue weighted by molar-refractivity contribution is -0.203. The first kappa shape index (κ1) is 44.1. The summed E-state index contributed by atoms with van der Waals surface area (Å²) in [5.74, 6) is -0.769. The van der Waals surface area contributed by atoms with E-state index in [1.165, 1.54) is 6.92 Å². The van der Waals surface area contributed by atoms with Crippen molar-refractivity contribution in [2.75, 3.05) is 33.0 Å². The van der Waals surface area contributed by atoms with E-state index in [0.717, 1.165) is 0 Å². The highest BCUT2D eigenvalue weighted by atomic mass is 16.6. The lowest BCUT2D eigenvalue weighted by Crippen LogP contribution is -2.45. The number of Topliss-reactive ketones (excluding diaryl/α,β-unsaturated/α-hetero) is 1. The molecule has 0 radical (unpaired) electrons. The highest BCUT2D eigenvalue weighted by Gasteiger charge is 2.31. The number of aliphatic hydroxyl groups is 10. The fraction of sp³-hybridized carbons (Fsp3) is 0.897. The second-order valence-corrected chi connectivity index (χ2v) is 11.1. The predicted octanol–water partition coefficient (Wildman–Crippen LogP) is -3.71. The summed E-state index contributed by atoms with van der Waals surface area (Å²) in [6.07, 6.45) is -10.4. The lowest BCUT2D eigenvalue weighted by atomic mass is 10.1. The Morgan fingerprint density at radius 2 is 1.04 bits per heavy atom. The molecule has 0 spiro atoms. The zero-order chi connectivity index (χ0) is 35.1. The van der Waals surface area contributed by atoms with Crippen molar-refractivity contribution < 1.29 is 74.9 Å². The van der Waals surface area contributed by atoms with E-state index in [1.54, 1.807) is 0 Å². The molecule has 17 heteroatoms. The summed E-state index contributed by atoms with van der Waals surface area (Å²) < 4.78 is 10.1. The first-order valence-corrected chi connectivity index (χ1v) is 15.7. The van der Waals surface area contributed by atoms with Gasteiger partial charge in [-0.25, -0.2) is 0 Å². The number of amides is 2. The maximum Gasteiger partial charge on any atom is 0.220 e. The van der Waals surface area contributed by atoms with Crippen LogP contribution in [-0.4, -0.2) is 157 Å². The first-order valence-electron chi connectivity index (χ1n) is 15.7. The SMILES string of the molecule is CC(=O)[C@H](CCCCNC(=O)CCCCOC(O)C(O)C(O)C(O)CCO)NC(=O)CCCCOC(O)C(O)C(O)C(O)CCO. The zero-order valence-corrected chi connectivity index (χ0v) is 26.5. The molecule has 0 saturated heterocycles. The van der Waals surface area contributed by atoms with Crippen LogP contribution in [0.2, 0.25) is 0 Å². The average Bonchev–Trinajstić information content (AvgIpc) is 3.01. The van der Waals surface area contributed by atoms with Crippen molar-refractivity contribution in [3.63, 3.8) is 0 Å². The van der Waals surface area contributed by atoms with Gasteiger partial charge < -0.3 is 71.2 Å². The summed E-state index contributed by atoms with van der Waals surface area (Å²) >= 11 is 0. The van der Waals surface area contributed by atoms with Crippen molar-refractivity contribution in [2.45, 2.75) is 133 Å². The second-order valence-electron chi connectivity index (χ2n) is 11.1. The monoisotopic (exact) mass is 672 g/mol. The number of carbonyl (C=O) groups is 3. The second kappa shape index (κ2) is 26.1. The Kier molecular flexibility index (Phi) is 25.1. The van der Waals surface area contributed by atoms with Gasteiger partial charge >= 0.3 is 0 Å². The number of ketones is 1. The van der Waals surface area contributed by atoms with Crippen LogP contribution in [0.3, 0.4) is 0 Å². The predicted molar refractivity (Wildman–Crippen MR) is 161 cm³/mol. The van der Waals surface area contributed by atoms with Crippen LogP contribution in [-0.2, 0) is 23.9 Å². The highest BCUT2D eigenvalue weighted by Crippen LogP contribution is 2.11. The minimum atomic E-state index is -1.79. The van der Waals surface area contributed by atoms with Crippen LogP contribution in [0.4, 0.5) is 0 Å². The van der Waals surface area contributed by atoms with Crippen LogP contribution >= 0.6 is 0 Å². The van der Waals surface area contributed by atoms with Crippen LogP contribution in [0.15, 0.2) is 0 Å². The van der Waals surface area contributed by atoms with Crippen LogP contribution in [0.1, 0.15) is 77.6 Å². The van der Waals surface area contributed by atoms with E-state index in [2.05, 4.69) is 10.6 Å². The molecule has 12 N–H and O–H groups in total. The minimum absolute atomic E-state index is 0.00294. The number of unbranched alkanes of at least 4 members (excludes halogenated alkanes) is 3. The molecule has 2 amide bonds. The molecule has 9 atom stereocenters. The van der Waals surface area contributed by atoms with Crippen molar-refractivity contribution in [3.05, 3.63) is 0 Å². The van der Waals surface area contributed by atoms with Gasteiger partial charge in [0.25, 0.3) is 0 Å². The van der Waals surface area contributed by atoms with Gasteiger partial charge in [-0.2, -0.15) is 0 Å². The number of hydrogen-bond donors (Lipinski definition) is 12. The van der Waals surface area contributed by atoms with Gasteiger partial charge in [0.1, 0.15) is 24.4 Å². The van der Waals surface area contributed by atoms with Crippen molar-refractivity contribution in [1.82, 2.24) is 10.6 Å². The highest BCUT2D eigenvalue weighted by molar-refractivity contribution is 5.87. The standard InChI is InChI=1S/C29H56N2O15/c1-18(34)19(31-23(38)10-4-7-17-46-29(44)27(42)25(40)21(36)12-15-33)8-2-5-13-30-22(37)9-3-6-16-45-28(43)26(41)24(39)20(35)11-14-32/h19-21,24-29,32-33,35-36,39-44H,2-17H2,1H3,(H,30,37)(H,31,38)/t19-,20?,21?,24?,25?,26?,27?,28?,29?/m0/s1. The van der Waals surface area contributed by atoms with Crippen LogP contribution in [0, 0.1) is 0 Å². The number of nitrogens with one attached hydrogen (secondary N) is 2. The molecule has 0 saturated carbocycles. The fourth-order valence-electron chi connectivity index (χ4n) is 4.21. The van der Waals surface area contributed by atoms with Crippen molar-refractivity contribution in [3.8, 4) is 0 Å². The average molecular weight is 673 g/mol. The Hall–Kier alpha value is -1.87. The van der Waals surface area contributed by atoms with Crippen molar-refractivity contribution in [2.24, 2.45) is 0 Å². The summed E-state index contributed by atoms with van der Waals surface area (Å²) in [4.78, 5) is 36.3. The Labute approximate surface area is 269 Å². The van der Waals surface area contributed by atoms with E-state index in [-0.39, 0.29) is 56.5 Å². The van der Waals surface area contributed by atoms with Crippen LogP contribution in [0.25, 0.3) is 0 Å². The maximum atomic E-state index is 12.3. The summed E-state index contributed by atoms with van der Waals surface area (Å²) in [6.45, 7) is 0.874. The molecular formula is C29H56N2O15. The van der Waals surface area contributed by atoms with Gasteiger partial charge in [0.05, 0.1) is 18.2 Å². The number of ether oxygens (including phenoxy) is 2. The van der Waals surface area contributed by atoms with E-state index >= 15 is 0 Å². The Morgan fingerprint density at radius 3 is 1.48 bits per heavy atom. The van der Waals surface area contributed by atoms with Crippen molar-refractivity contribution in [1.29, 1.82) is 0 Å². The zero-order valence-electron chi connectivity index (χ0n) is 26.5. The minimum Gasteiger partial charge on any atom is -0.396 e. The summed E-state index contributed by atoms with van der Waals surface area (Å²) in [5, 5.41) is 101. The van der Waals surface area contributed by atoms with Crippen molar-refractivity contribution >= 4 is 17.6 Å². The summed E-state index contributed by atoms with van der Waals surface area (Å²) in [6, 6.07) is -0.684. The van der Waals surface area contributed by atoms with Gasteiger partial charge in [0.15, 0.2) is 18.4 Å². The largest absolute Gasteiger partial charge is 0.396 e. The Morgan fingerprint density at radius 1 is 0.587 bits per heavy atom. The molecule has 0 aromatic rings. The summed E-state index contributed by atoms with van der Waals surface area (Å²) in [7, 11) is 0. The number of hydrogen-bond acceptors (Lipinski definition) is 15. The third-order valence-electron chi connectivity index (χ3n) is 7.16. The molecule has 0 fully saturated rings. The van der Waals surface area contributed by atoms with Gasteiger partial charge in [-0.3, -0.25) is 14.4 Å². The molecule has 0 aromatic heterocycles. The smallest absolute Gasteiger partial charge is 0.220 e. The molecule has 0 aromatic carbocycles. The van der Waals surface area contributed by atoms with Gasteiger partial charge in [-0.1, -0.05) is 0 Å². The fourth-order valence-corrected chi connectivity index (χ4v) is 4.21. The normalized spacial score (nSPS) is 17.6.